The summed E-state index contributed by atoms with van der Waals surface area (Å²) in [6.07, 6.45) is 5.30. The molecular formula is C23H18N4O3S. The highest BCUT2D eigenvalue weighted by molar-refractivity contribution is 7.14. The number of rotatable bonds is 7. The van der Waals surface area contributed by atoms with Gasteiger partial charge in [0.05, 0.1) is 5.56 Å². The van der Waals surface area contributed by atoms with Crippen LogP contribution in [0.2, 0.25) is 0 Å². The summed E-state index contributed by atoms with van der Waals surface area (Å²) in [6.45, 7) is 0. The number of thiazole rings is 1. The van der Waals surface area contributed by atoms with Gasteiger partial charge in [-0.1, -0.05) is 41.7 Å². The molecule has 0 amide bonds. The van der Waals surface area contributed by atoms with Crippen molar-refractivity contribution in [3.63, 3.8) is 0 Å². The minimum atomic E-state index is -1.02. The molecule has 0 spiro atoms. The van der Waals surface area contributed by atoms with E-state index in [2.05, 4.69) is 15.3 Å². The smallest absolute Gasteiger partial charge is 0.337 e. The Balaban J connectivity index is 1.39. The number of carbonyl (C=O) groups is 1. The predicted molar refractivity (Wildman–Crippen MR) is 118 cm³/mol. The first-order valence-corrected chi connectivity index (χ1v) is 10.6. The van der Waals surface area contributed by atoms with Crippen LogP contribution in [0.4, 0.5) is 11.6 Å². The van der Waals surface area contributed by atoms with Crippen molar-refractivity contribution >= 4 is 28.9 Å². The third kappa shape index (κ3) is 4.39. The van der Waals surface area contributed by atoms with Gasteiger partial charge in [-0.2, -0.15) is 0 Å². The molecule has 7 nitrogen and oxygen atoms in total. The fourth-order valence-electron chi connectivity index (χ4n) is 3.05. The number of carboxylic acid groups (broad SMARTS) is 1. The van der Waals surface area contributed by atoms with Gasteiger partial charge in [-0.3, -0.25) is 0 Å². The standard InChI is InChI=1S/C23H18N4O3S/c28-22(29)16-8-9-18(25-13-16)26-19-12-17(10-11-24-19)30-23-20(14-4-2-1-3-5-14)27-21(31-23)15-6-7-15/h1-5,8-13,15H,6-7H2,(H,28,29)(H,24,25,26). The molecule has 154 valence electrons. The van der Waals surface area contributed by atoms with Crippen molar-refractivity contribution in [2.75, 3.05) is 5.32 Å². The Morgan fingerprint density at radius 2 is 1.90 bits per heavy atom. The highest BCUT2D eigenvalue weighted by atomic mass is 32.1. The van der Waals surface area contributed by atoms with E-state index in [0.29, 0.717) is 23.3 Å². The zero-order chi connectivity index (χ0) is 21.2. The van der Waals surface area contributed by atoms with Crippen molar-refractivity contribution < 1.29 is 14.6 Å². The van der Waals surface area contributed by atoms with Crippen molar-refractivity contribution in [2.45, 2.75) is 18.8 Å². The van der Waals surface area contributed by atoms with Crippen molar-refractivity contribution in [2.24, 2.45) is 0 Å². The lowest BCUT2D eigenvalue weighted by atomic mass is 10.2. The van der Waals surface area contributed by atoms with E-state index in [1.807, 2.05) is 30.3 Å². The molecule has 0 aliphatic heterocycles. The third-order valence-electron chi connectivity index (χ3n) is 4.79. The van der Waals surface area contributed by atoms with Crippen LogP contribution in [0.5, 0.6) is 10.8 Å². The molecule has 8 heteroatoms. The first kappa shape index (κ1) is 19.2. The lowest BCUT2D eigenvalue weighted by molar-refractivity contribution is 0.0696. The molecule has 5 rings (SSSR count). The van der Waals surface area contributed by atoms with E-state index in [4.69, 9.17) is 14.8 Å². The molecule has 31 heavy (non-hydrogen) atoms. The average molecular weight is 430 g/mol. The number of aromatic carboxylic acids is 1. The van der Waals surface area contributed by atoms with Crippen LogP contribution in [-0.2, 0) is 0 Å². The van der Waals surface area contributed by atoms with Gasteiger partial charge in [-0.25, -0.2) is 19.7 Å². The van der Waals surface area contributed by atoms with Gasteiger partial charge in [0.25, 0.3) is 0 Å². The molecule has 0 unspecified atom stereocenters. The fourth-order valence-corrected chi connectivity index (χ4v) is 4.18. The van der Waals surface area contributed by atoms with E-state index in [0.717, 1.165) is 21.3 Å². The van der Waals surface area contributed by atoms with Crippen LogP contribution in [0.3, 0.4) is 0 Å². The second-order valence-electron chi connectivity index (χ2n) is 7.17. The summed E-state index contributed by atoms with van der Waals surface area (Å²) >= 11 is 1.59. The number of nitrogens with zero attached hydrogens (tertiary/aromatic N) is 3. The maximum Gasteiger partial charge on any atom is 0.337 e. The summed E-state index contributed by atoms with van der Waals surface area (Å²) in [4.78, 5) is 24.2. The Morgan fingerprint density at radius 1 is 1.06 bits per heavy atom. The highest BCUT2D eigenvalue weighted by Crippen LogP contribution is 2.48. The summed E-state index contributed by atoms with van der Waals surface area (Å²) in [6, 6.07) is 16.7. The van der Waals surface area contributed by atoms with Gasteiger partial charge in [-0.15, -0.1) is 0 Å². The number of carboxylic acids is 1. The number of anilines is 2. The number of aromatic nitrogens is 3. The van der Waals surface area contributed by atoms with E-state index < -0.39 is 5.97 Å². The van der Waals surface area contributed by atoms with Crippen molar-refractivity contribution in [1.82, 2.24) is 15.0 Å². The maximum atomic E-state index is 11.0. The summed E-state index contributed by atoms with van der Waals surface area (Å²) in [5, 5.41) is 13.9. The topological polar surface area (TPSA) is 97.2 Å². The van der Waals surface area contributed by atoms with Gasteiger partial charge < -0.3 is 15.2 Å². The molecule has 1 aliphatic carbocycles. The Bertz CT molecular complexity index is 1220. The molecule has 1 aromatic carbocycles. The van der Waals surface area contributed by atoms with E-state index in [9.17, 15) is 4.79 Å². The van der Waals surface area contributed by atoms with Gasteiger partial charge >= 0.3 is 5.97 Å². The predicted octanol–water partition coefficient (Wildman–Crippen LogP) is 5.71. The van der Waals surface area contributed by atoms with E-state index in [1.165, 1.54) is 25.1 Å². The molecule has 0 atom stereocenters. The zero-order valence-corrected chi connectivity index (χ0v) is 17.2. The van der Waals surface area contributed by atoms with E-state index in [-0.39, 0.29) is 5.56 Å². The molecule has 3 aromatic heterocycles. The van der Waals surface area contributed by atoms with Crippen LogP contribution in [-0.4, -0.2) is 26.0 Å². The van der Waals surface area contributed by atoms with Gasteiger partial charge in [0.1, 0.15) is 28.1 Å². The van der Waals surface area contributed by atoms with E-state index in [1.54, 1.807) is 35.7 Å². The lowest BCUT2D eigenvalue weighted by Gasteiger charge is -2.08. The quantitative estimate of drug-likeness (QED) is 0.387. The number of hydrogen-bond donors (Lipinski definition) is 2. The number of nitrogens with one attached hydrogen (secondary N) is 1. The summed E-state index contributed by atoms with van der Waals surface area (Å²) in [5.41, 5.74) is 2.00. The van der Waals surface area contributed by atoms with Gasteiger partial charge in [0.2, 0.25) is 5.06 Å². The molecule has 0 saturated heterocycles. The van der Waals surface area contributed by atoms with Crippen molar-refractivity contribution in [1.29, 1.82) is 0 Å². The van der Waals surface area contributed by atoms with Crippen LogP contribution in [0.1, 0.15) is 34.1 Å². The minimum absolute atomic E-state index is 0.126. The molecule has 0 bridgehead atoms. The number of benzene rings is 1. The minimum Gasteiger partial charge on any atom is -0.478 e. The SMILES string of the molecule is O=C(O)c1ccc(Nc2cc(Oc3sc(C4CC4)nc3-c3ccccc3)ccn2)nc1. The molecule has 1 aliphatic rings. The van der Waals surface area contributed by atoms with Crippen molar-refractivity contribution in [3.05, 3.63) is 77.6 Å². The molecular weight excluding hydrogens is 412 g/mol. The second kappa shape index (κ2) is 8.16. The molecule has 0 radical (unpaired) electrons. The van der Waals surface area contributed by atoms with Crippen molar-refractivity contribution in [3.8, 4) is 22.1 Å². The molecule has 3 heterocycles. The number of hydrogen-bond acceptors (Lipinski definition) is 7. The zero-order valence-electron chi connectivity index (χ0n) is 16.4. The Kier molecular flexibility index (Phi) is 5.05. The number of pyridine rings is 2. The highest BCUT2D eigenvalue weighted by Gasteiger charge is 2.29. The average Bonchev–Trinajstić information content (AvgIpc) is 3.56. The first-order chi connectivity index (χ1) is 15.2. The number of ether oxygens (including phenoxy) is 1. The fraction of sp³-hybridized carbons (Fsp3) is 0.130. The van der Waals surface area contributed by atoms with Crippen LogP contribution in [0.15, 0.2) is 67.0 Å². The van der Waals surface area contributed by atoms with E-state index >= 15 is 0 Å². The Hall–Kier alpha value is -3.78. The molecule has 1 fully saturated rings. The Morgan fingerprint density at radius 3 is 2.61 bits per heavy atom. The van der Waals surface area contributed by atoms with Gasteiger partial charge in [0.15, 0.2) is 0 Å². The second-order valence-corrected chi connectivity index (χ2v) is 8.16. The normalized spacial score (nSPS) is 13.0. The summed E-state index contributed by atoms with van der Waals surface area (Å²) < 4.78 is 6.23. The first-order valence-electron chi connectivity index (χ1n) is 9.82. The molecule has 1 saturated carbocycles. The van der Waals surface area contributed by atoms with Crippen LogP contribution >= 0.6 is 11.3 Å². The Labute approximate surface area is 182 Å². The largest absolute Gasteiger partial charge is 0.478 e. The van der Waals surface area contributed by atoms with Gasteiger partial charge in [-0.05, 0) is 31.0 Å². The van der Waals surface area contributed by atoms with Gasteiger partial charge in [0, 0.05) is 29.9 Å². The lowest BCUT2D eigenvalue weighted by Crippen LogP contribution is -2.00. The summed E-state index contributed by atoms with van der Waals surface area (Å²) in [7, 11) is 0. The maximum absolute atomic E-state index is 11.0. The summed E-state index contributed by atoms with van der Waals surface area (Å²) in [5.74, 6) is 1.19. The van der Waals surface area contributed by atoms with Crippen LogP contribution in [0, 0.1) is 0 Å². The monoisotopic (exact) mass is 430 g/mol. The molecule has 4 aromatic rings. The molecule has 2 N–H and O–H groups in total. The van der Waals surface area contributed by atoms with Crippen LogP contribution in [0.25, 0.3) is 11.3 Å². The third-order valence-corrected chi connectivity index (χ3v) is 5.89. The van der Waals surface area contributed by atoms with Crippen LogP contribution < -0.4 is 10.1 Å².